The van der Waals surface area contributed by atoms with Crippen LogP contribution < -0.4 is 5.32 Å². The van der Waals surface area contributed by atoms with Crippen molar-refractivity contribution in [3.05, 3.63) is 52.6 Å². The summed E-state index contributed by atoms with van der Waals surface area (Å²) in [6.07, 6.45) is 3.27. The van der Waals surface area contributed by atoms with E-state index in [9.17, 15) is 9.59 Å². The van der Waals surface area contributed by atoms with Crippen LogP contribution in [0.4, 0.5) is 5.69 Å². The summed E-state index contributed by atoms with van der Waals surface area (Å²) in [6, 6.07) is 6.94. The molecule has 7 heteroatoms. The van der Waals surface area contributed by atoms with Gasteiger partial charge in [0.25, 0.3) is 5.91 Å². The second-order valence-electron chi connectivity index (χ2n) is 7.44. The highest BCUT2D eigenvalue weighted by Crippen LogP contribution is 2.27. The Balaban J connectivity index is 1.65. The van der Waals surface area contributed by atoms with Crippen LogP contribution >= 0.6 is 11.6 Å². The first kappa shape index (κ1) is 20.3. The van der Waals surface area contributed by atoms with Gasteiger partial charge in [0.1, 0.15) is 5.82 Å². The Morgan fingerprint density at radius 2 is 1.82 bits per heavy atom. The Bertz CT molecular complexity index is 859. The molecule has 1 N–H and O–H groups in total. The van der Waals surface area contributed by atoms with Gasteiger partial charge in [-0.15, -0.1) is 0 Å². The molecule has 1 aliphatic rings. The van der Waals surface area contributed by atoms with Gasteiger partial charge in [0.2, 0.25) is 5.91 Å². The van der Waals surface area contributed by atoms with Crippen LogP contribution in [0, 0.1) is 12.8 Å². The van der Waals surface area contributed by atoms with Crippen LogP contribution in [0.3, 0.4) is 0 Å². The smallest absolute Gasteiger partial charge is 0.259 e. The number of aromatic nitrogens is 2. The summed E-state index contributed by atoms with van der Waals surface area (Å²) in [7, 11) is 0. The van der Waals surface area contributed by atoms with Crippen LogP contribution in [0.2, 0.25) is 5.02 Å². The highest BCUT2D eigenvalue weighted by Gasteiger charge is 2.27. The van der Waals surface area contributed by atoms with Crippen molar-refractivity contribution in [1.29, 1.82) is 0 Å². The van der Waals surface area contributed by atoms with Crippen molar-refractivity contribution in [3.63, 3.8) is 0 Å². The Morgan fingerprint density at radius 3 is 2.39 bits per heavy atom. The third-order valence-electron chi connectivity index (χ3n) is 5.01. The lowest BCUT2D eigenvalue weighted by molar-refractivity contribution is -0.135. The number of hydrogen-bond acceptors (Lipinski definition) is 4. The summed E-state index contributed by atoms with van der Waals surface area (Å²) in [6.45, 7) is 7.12. The molecule has 2 aromatic rings. The number of rotatable bonds is 4. The van der Waals surface area contributed by atoms with E-state index in [1.165, 1.54) is 0 Å². The molecule has 28 heavy (non-hydrogen) atoms. The third kappa shape index (κ3) is 4.68. The van der Waals surface area contributed by atoms with Crippen LogP contribution in [-0.4, -0.2) is 39.8 Å². The molecule has 3 rings (SSSR count). The topological polar surface area (TPSA) is 75.2 Å². The van der Waals surface area contributed by atoms with Gasteiger partial charge in [-0.2, -0.15) is 0 Å². The molecule has 6 nitrogen and oxygen atoms in total. The molecule has 0 aliphatic carbocycles. The fraction of sp³-hybridized carbons (Fsp3) is 0.429. The summed E-state index contributed by atoms with van der Waals surface area (Å²) in [5, 5.41) is 3.45. The maximum atomic E-state index is 12.5. The fourth-order valence-corrected chi connectivity index (χ4v) is 3.49. The average molecular weight is 401 g/mol. The standard InChI is InChI=1S/C21H25ClN4O2/c1-13(2)21(28)26-10-8-15(9-11-26)19-23-12-18(14(3)24-19)20(27)25-17-6-4-16(22)5-7-17/h4-7,12-13,15H,8-11H2,1-3H3,(H,25,27). The number of amides is 2. The molecule has 0 unspecified atom stereocenters. The maximum Gasteiger partial charge on any atom is 0.259 e. The number of piperidine rings is 1. The van der Waals surface area contributed by atoms with E-state index in [4.69, 9.17) is 11.6 Å². The van der Waals surface area contributed by atoms with Crippen molar-refractivity contribution < 1.29 is 9.59 Å². The molecule has 2 amide bonds. The van der Waals surface area contributed by atoms with Crippen LogP contribution in [0.15, 0.2) is 30.5 Å². The molecule has 148 valence electrons. The minimum absolute atomic E-state index is 0.0217. The zero-order valence-electron chi connectivity index (χ0n) is 16.4. The minimum Gasteiger partial charge on any atom is -0.342 e. The molecule has 1 aromatic heterocycles. The van der Waals surface area contributed by atoms with Gasteiger partial charge >= 0.3 is 0 Å². The minimum atomic E-state index is -0.247. The number of aryl methyl sites for hydroxylation is 1. The van der Waals surface area contributed by atoms with E-state index in [0.717, 1.165) is 31.8 Å². The zero-order valence-corrected chi connectivity index (χ0v) is 17.2. The molecule has 0 radical (unpaired) electrons. The molecule has 0 spiro atoms. The Morgan fingerprint density at radius 1 is 1.18 bits per heavy atom. The number of carbonyl (C=O) groups excluding carboxylic acids is 2. The van der Waals surface area contributed by atoms with Crippen molar-refractivity contribution >= 4 is 29.1 Å². The second kappa shape index (κ2) is 8.69. The lowest BCUT2D eigenvalue weighted by Crippen LogP contribution is -2.40. The largest absolute Gasteiger partial charge is 0.342 e. The summed E-state index contributed by atoms with van der Waals surface area (Å²) in [4.78, 5) is 35.6. The Labute approximate surface area is 170 Å². The van der Waals surface area contributed by atoms with Crippen molar-refractivity contribution in [3.8, 4) is 0 Å². The van der Waals surface area contributed by atoms with Gasteiger partial charge in [0, 0.05) is 41.8 Å². The Hall–Kier alpha value is -2.47. The van der Waals surface area contributed by atoms with Crippen molar-refractivity contribution in [2.24, 2.45) is 5.92 Å². The van der Waals surface area contributed by atoms with Crippen molar-refractivity contribution in [1.82, 2.24) is 14.9 Å². The molecular formula is C21H25ClN4O2. The molecule has 1 fully saturated rings. The SMILES string of the molecule is Cc1nc(C2CCN(C(=O)C(C)C)CC2)ncc1C(=O)Nc1ccc(Cl)cc1. The number of hydrogen-bond donors (Lipinski definition) is 1. The predicted molar refractivity (Wildman–Crippen MR) is 110 cm³/mol. The summed E-state index contributed by atoms with van der Waals surface area (Å²) in [5.74, 6) is 0.933. The number of nitrogens with one attached hydrogen (secondary N) is 1. The molecule has 0 saturated carbocycles. The highest BCUT2D eigenvalue weighted by molar-refractivity contribution is 6.30. The van der Waals surface area contributed by atoms with Crippen LogP contribution in [0.5, 0.6) is 0 Å². The number of nitrogens with zero attached hydrogens (tertiary/aromatic N) is 3. The monoisotopic (exact) mass is 400 g/mol. The second-order valence-corrected chi connectivity index (χ2v) is 7.88. The van der Waals surface area contributed by atoms with Crippen molar-refractivity contribution in [2.45, 2.75) is 39.5 Å². The molecule has 0 bridgehead atoms. The zero-order chi connectivity index (χ0) is 20.3. The number of benzene rings is 1. The summed E-state index contributed by atoms with van der Waals surface area (Å²) < 4.78 is 0. The van der Waals surface area contributed by atoms with Gasteiger partial charge in [0.15, 0.2) is 0 Å². The number of carbonyl (C=O) groups is 2. The maximum absolute atomic E-state index is 12.5. The van der Waals surface area contributed by atoms with Gasteiger partial charge in [-0.1, -0.05) is 25.4 Å². The number of anilines is 1. The van der Waals surface area contributed by atoms with Gasteiger partial charge in [-0.25, -0.2) is 9.97 Å². The molecule has 1 aliphatic heterocycles. The molecular weight excluding hydrogens is 376 g/mol. The van der Waals surface area contributed by atoms with Crippen LogP contribution in [0.1, 0.15) is 54.5 Å². The van der Waals surface area contributed by atoms with E-state index >= 15 is 0 Å². The number of likely N-dealkylation sites (tertiary alicyclic amines) is 1. The first-order valence-corrected chi connectivity index (χ1v) is 9.92. The lowest BCUT2D eigenvalue weighted by atomic mass is 9.95. The molecule has 1 saturated heterocycles. The third-order valence-corrected chi connectivity index (χ3v) is 5.26. The van der Waals surface area contributed by atoms with Gasteiger partial charge in [0.05, 0.1) is 11.3 Å². The van der Waals surface area contributed by atoms with Gasteiger partial charge in [-0.3, -0.25) is 9.59 Å². The highest BCUT2D eigenvalue weighted by atomic mass is 35.5. The normalized spacial score (nSPS) is 15.0. The Kier molecular flexibility index (Phi) is 6.29. The van der Waals surface area contributed by atoms with Gasteiger partial charge < -0.3 is 10.2 Å². The quantitative estimate of drug-likeness (QED) is 0.839. The van der Waals surface area contributed by atoms with Crippen LogP contribution in [-0.2, 0) is 4.79 Å². The fourth-order valence-electron chi connectivity index (χ4n) is 3.36. The first-order valence-electron chi connectivity index (χ1n) is 9.54. The summed E-state index contributed by atoms with van der Waals surface area (Å²) >= 11 is 5.87. The van der Waals surface area contributed by atoms with Crippen LogP contribution in [0.25, 0.3) is 0 Å². The van der Waals surface area contributed by atoms with E-state index in [0.29, 0.717) is 22.0 Å². The van der Waals surface area contributed by atoms with Crippen molar-refractivity contribution in [2.75, 3.05) is 18.4 Å². The lowest BCUT2D eigenvalue weighted by Gasteiger charge is -2.32. The van der Waals surface area contributed by atoms with E-state index in [1.807, 2.05) is 25.7 Å². The molecule has 1 aromatic carbocycles. The van der Waals surface area contributed by atoms with Gasteiger partial charge in [-0.05, 0) is 44.0 Å². The molecule has 0 atom stereocenters. The predicted octanol–water partition coefficient (Wildman–Crippen LogP) is 4.05. The average Bonchev–Trinajstić information content (AvgIpc) is 2.69. The number of halogens is 1. The van der Waals surface area contributed by atoms with E-state index < -0.39 is 0 Å². The van der Waals surface area contributed by atoms with E-state index in [-0.39, 0.29) is 23.7 Å². The van der Waals surface area contributed by atoms with E-state index in [1.54, 1.807) is 30.5 Å². The first-order chi connectivity index (χ1) is 13.3. The molecule has 2 heterocycles. The summed E-state index contributed by atoms with van der Waals surface area (Å²) in [5.41, 5.74) is 1.77. The van der Waals surface area contributed by atoms with E-state index in [2.05, 4.69) is 15.3 Å².